The number of rotatable bonds is 7. The van der Waals surface area contributed by atoms with Crippen molar-refractivity contribution in [1.82, 2.24) is 9.55 Å². The Bertz CT molecular complexity index is 1030. The number of hydrogen-bond acceptors (Lipinski definition) is 5. The molecule has 0 aliphatic carbocycles. The van der Waals surface area contributed by atoms with E-state index in [1.165, 1.54) is 0 Å². The molecule has 0 amide bonds. The van der Waals surface area contributed by atoms with Crippen LogP contribution in [0.2, 0.25) is 5.02 Å². The van der Waals surface area contributed by atoms with E-state index in [0.717, 1.165) is 16.7 Å². The average molecular weight is 443 g/mol. The molecule has 1 heterocycles. The molecule has 0 radical (unpaired) electrons. The van der Waals surface area contributed by atoms with Crippen molar-refractivity contribution in [2.45, 2.75) is 13.2 Å². The molecule has 160 valence electrons. The van der Waals surface area contributed by atoms with Crippen molar-refractivity contribution in [3.05, 3.63) is 90.0 Å². The molecule has 31 heavy (non-hydrogen) atoms. The van der Waals surface area contributed by atoms with E-state index in [9.17, 15) is 14.4 Å². The van der Waals surface area contributed by atoms with E-state index in [1.54, 1.807) is 23.3 Å². The number of esters is 1. The molecule has 0 spiro atoms. The Kier molecular flexibility index (Phi) is 9.00. The number of carbonyl (C=O) groups is 3. The first-order chi connectivity index (χ1) is 14.8. The Hall–Kier alpha value is -3.91. The van der Waals surface area contributed by atoms with Gasteiger partial charge in [0.15, 0.2) is 0 Å². The van der Waals surface area contributed by atoms with Crippen molar-refractivity contribution >= 4 is 29.5 Å². The maximum Gasteiger partial charge on any atom is 0.328 e. The van der Waals surface area contributed by atoms with E-state index >= 15 is 0 Å². The summed E-state index contributed by atoms with van der Waals surface area (Å²) in [6, 6.07) is 15.5. The van der Waals surface area contributed by atoms with E-state index in [1.807, 2.05) is 48.5 Å². The van der Waals surface area contributed by atoms with Gasteiger partial charge in [0.2, 0.25) is 0 Å². The Labute approximate surface area is 183 Å². The standard InChI is InChI=1S/C18H15ClN2O2.C4H4O4/c19-17-4-2-1-3-16(17)15-7-5-14(6-8-15)12-23-18(22)11-21-10-9-20-13-21;5-3(6)1-2-4(7)8/h1-10,13H,11-12H2;1-2H,(H,5,6)(H,7,8)/b;2-1+. The predicted octanol–water partition coefficient (Wildman–Crippen LogP) is 3.66. The number of halogens is 1. The molecule has 0 saturated heterocycles. The number of carboxylic acids is 2. The molecule has 9 heteroatoms. The van der Waals surface area contributed by atoms with Crippen LogP contribution in [-0.2, 0) is 32.3 Å². The fraction of sp³-hybridized carbons (Fsp3) is 0.0909. The van der Waals surface area contributed by atoms with Crippen molar-refractivity contribution < 1.29 is 29.3 Å². The van der Waals surface area contributed by atoms with Gasteiger partial charge < -0.3 is 19.5 Å². The summed E-state index contributed by atoms with van der Waals surface area (Å²) in [4.78, 5) is 34.7. The highest BCUT2D eigenvalue weighted by atomic mass is 35.5. The maximum atomic E-state index is 11.7. The van der Waals surface area contributed by atoms with Gasteiger partial charge in [0, 0.05) is 35.1 Å². The quantitative estimate of drug-likeness (QED) is 0.423. The van der Waals surface area contributed by atoms with E-state index in [0.29, 0.717) is 17.2 Å². The minimum atomic E-state index is -1.26. The molecule has 3 aromatic rings. The lowest BCUT2D eigenvalue weighted by Gasteiger charge is -2.08. The summed E-state index contributed by atoms with van der Waals surface area (Å²) in [6.45, 7) is 0.411. The summed E-state index contributed by atoms with van der Waals surface area (Å²) in [5, 5.41) is 16.3. The van der Waals surface area contributed by atoms with Gasteiger partial charge >= 0.3 is 17.9 Å². The molecule has 0 unspecified atom stereocenters. The molecule has 0 aliphatic rings. The van der Waals surface area contributed by atoms with Crippen LogP contribution in [-0.4, -0.2) is 37.7 Å². The molecule has 2 aromatic carbocycles. The minimum Gasteiger partial charge on any atom is -0.478 e. The highest BCUT2D eigenvalue weighted by molar-refractivity contribution is 6.33. The molecule has 1 aromatic heterocycles. The number of aromatic nitrogens is 2. The van der Waals surface area contributed by atoms with Crippen molar-refractivity contribution in [1.29, 1.82) is 0 Å². The van der Waals surface area contributed by atoms with Gasteiger partial charge in [-0.25, -0.2) is 14.6 Å². The zero-order chi connectivity index (χ0) is 22.6. The zero-order valence-corrected chi connectivity index (χ0v) is 17.0. The number of carboxylic acid groups (broad SMARTS) is 2. The van der Waals surface area contributed by atoms with Gasteiger partial charge in [0.05, 0.1) is 6.33 Å². The molecule has 0 saturated carbocycles. The summed E-state index contributed by atoms with van der Waals surface area (Å²) in [7, 11) is 0. The second kappa shape index (κ2) is 11.9. The van der Waals surface area contributed by atoms with Crippen LogP contribution in [0.3, 0.4) is 0 Å². The third kappa shape index (κ3) is 8.55. The number of imidazole rings is 1. The Morgan fingerprint density at radius 3 is 2.19 bits per heavy atom. The lowest BCUT2D eigenvalue weighted by Crippen LogP contribution is -2.12. The molecule has 3 rings (SSSR count). The minimum absolute atomic E-state index is 0.164. The van der Waals surface area contributed by atoms with E-state index in [4.69, 9.17) is 26.6 Å². The van der Waals surface area contributed by atoms with Crippen LogP contribution in [0.1, 0.15) is 5.56 Å². The largest absolute Gasteiger partial charge is 0.478 e. The van der Waals surface area contributed by atoms with Crippen LogP contribution in [0, 0.1) is 0 Å². The van der Waals surface area contributed by atoms with Crippen LogP contribution in [0.15, 0.2) is 79.4 Å². The molecule has 2 N–H and O–H groups in total. The lowest BCUT2D eigenvalue weighted by molar-refractivity contribution is -0.145. The summed E-state index contributed by atoms with van der Waals surface area (Å²) in [6.07, 6.45) is 6.05. The van der Waals surface area contributed by atoms with Crippen molar-refractivity contribution in [2.24, 2.45) is 0 Å². The summed E-state index contributed by atoms with van der Waals surface area (Å²) in [5.74, 6) is -2.81. The van der Waals surface area contributed by atoms with Crippen LogP contribution in [0.25, 0.3) is 11.1 Å². The topological polar surface area (TPSA) is 119 Å². The van der Waals surface area contributed by atoms with Crippen LogP contribution < -0.4 is 0 Å². The second-order valence-electron chi connectivity index (χ2n) is 6.08. The van der Waals surface area contributed by atoms with Gasteiger partial charge in [-0.3, -0.25) is 4.79 Å². The third-order valence-electron chi connectivity index (χ3n) is 3.78. The molecule has 0 atom stereocenters. The fourth-order valence-corrected chi connectivity index (χ4v) is 2.60. The molecular formula is C22H19ClN2O6. The van der Waals surface area contributed by atoms with Crippen LogP contribution in [0.4, 0.5) is 0 Å². The molecule has 0 aliphatic heterocycles. The van der Waals surface area contributed by atoms with E-state index in [2.05, 4.69) is 4.98 Å². The number of hydrogen-bond donors (Lipinski definition) is 2. The molecule has 0 bridgehead atoms. The highest BCUT2D eigenvalue weighted by Gasteiger charge is 2.06. The van der Waals surface area contributed by atoms with Gasteiger partial charge in [-0.15, -0.1) is 0 Å². The zero-order valence-electron chi connectivity index (χ0n) is 16.2. The first kappa shape index (κ1) is 23.4. The average Bonchev–Trinajstić information content (AvgIpc) is 3.25. The number of aliphatic carboxylic acids is 2. The van der Waals surface area contributed by atoms with Crippen molar-refractivity contribution in [2.75, 3.05) is 0 Å². The number of carbonyl (C=O) groups excluding carboxylic acids is 1. The Balaban J connectivity index is 0.000000366. The SMILES string of the molecule is O=C(Cn1ccnc1)OCc1ccc(-c2ccccc2Cl)cc1.O=C(O)/C=C/C(=O)O. The van der Waals surface area contributed by atoms with Crippen LogP contribution >= 0.6 is 11.6 Å². The first-order valence-electron chi connectivity index (χ1n) is 8.94. The number of ether oxygens (including phenoxy) is 1. The highest BCUT2D eigenvalue weighted by Crippen LogP contribution is 2.27. The van der Waals surface area contributed by atoms with Gasteiger partial charge in [0.1, 0.15) is 13.2 Å². The van der Waals surface area contributed by atoms with E-state index in [-0.39, 0.29) is 19.1 Å². The van der Waals surface area contributed by atoms with Crippen molar-refractivity contribution in [3.8, 4) is 11.1 Å². The number of benzene rings is 2. The van der Waals surface area contributed by atoms with Gasteiger partial charge in [0.25, 0.3) is 0 Å². The summed E-state index contributed by atoms with van der Waals surface area (Å²) < 4.78 is 6.93. The van der Waals surface area contributed by atoms with Gasteiger partial charge in [-0.1, -0.05) is 54.1 Å². The first-order valence-corrected chi connectivity index (χ1v) is 9.32. The lowest BCUT2D eigenvalue weighted by atomic mass is 10.0. The smallest absolute Gasteiger partial charge is 0.328 e. The van der Waals surface area contributed by atoms with Crippen LogP contribution in [0.5, 0.6) is 0 Å². The summed E-state index contributed by atoms with van der Waals surface area (Å²) >= 11 is 6.19. The van der Waals surface area contributed by atoms with E-state index < -0.39 is 11.9 Å². The van der Waals surface area contributed by atoms with Gasteiger partial charge in [-0.2, -0.15) is 0 Å². The molecule has 8 nitrogen and oxygen atoms in total. The molecular weight excluding hydrogens is 424 g/mol. The Morgan fingerprint density at radius 1 is 1.00 bits per heavy atom. The summed E-state index contributed by atoms with van der Waals surface area (Å²) in [5.41, 5.74) is 2.95. The molecule has 0 fully saturated rings. The normalized spacial score (nSPS) is 10.2. The third-order valence-corrected chi connectivity index (χ3v) is 4.11. The van der Waals surface area contributed by atoms with Gasteiger partial charge in [-0.05, 0) is 17.2 Å². The Morgan fingerprint density at radius 2 is 1.65 bits per heavy atom. The predicted molar refractivity (Wildman–Crippen MR) is 113 cm³/mol. The fourth-order valence-electron chi connectivity index (χ4n) is 2.36. The number of nitrogens with zero attached hydrogens (tertiary/aromatic N) is 2. The van der Waals surface area contributed by atoms with Crippen molar-refractivity contribution in [3.63, 3.8) is 0 Å². The second-order valence-corrected chi connectivity index (χ2v) is 6.49. The maximum absolute atomic E-state index is 11.7. The monoisotopic (exact) mass is 442 g/mol.